The van der Waals surface area contributed by atoms with E-state index >= 15 is 0 Å². The van der Waals surface area contributed by atoms with Gasteiger partial charge in [0.05, 0.1) is 12.3 Å². The number of anilines is 1. The molecule has 188 valence electrons. The molecule has 3 aliphatic rings. The van der Waals surface area contributed by atoms with E-state index in [4.69, 9.17) is 14.2 Å². The number of carbonyl (C=O) groups excluding carboxylic acids is 1. The van der Waals surface area contributed by atoms with Crippen molar-refractivity contribution in [3.63, 3.8) is 0 Å². The molecular formula is C27H35N3O5. The molecule has 8 nitrogen and oxygen atoms in total. The molecule has 0 bridgehead atoms. The number of fused-ring (bicyclic) bond motifs is 3. The summed E-state index contributed by atoms with van der Waals surface area (Å²) in [5, 5.41) is 0. The van der Waals surface area contributed by atoms with Gasteiger partial charge in [0.15, 0.2) is 11.3 Å². The van der Waals surface area contributed by atoms with Gasteiger partial charge in [0.1, 0.15) is 12.7 Å². The normalized spacial score (nSPS) is 18.1. The molecule has 8 heteroatoms. The molecule has 1 saturated carbocycles. The molecule has 1 aromatic heterocycles. The van der Waals surface area contributed by atoms with E-state index in [9.17, 15) is 9.59 Å². The maximum Gasteiger partial charge on any atom is 0.225 e. The largest absolute Gasteiger partial charge is 0.476 e. The third kappa shape index (κ3) is 4.82. The summed E-state index contributed by atoms with van der Waals surface area (Å²) < 4.78 is 18.7. The van der Waals surface area contributed by atoms with Crippen LogP contribution < -0.4 is 15.1 Å². The first kappa shape index (κ1) is 23.9. The first-order chi connectivity index (χ1) is 17.0. The van der Waals surface area contributed by atoms with E-state index < -0.39 is 0 Å². The highest BCUT2D eigenvalue weighted by Gasteiger charge is 2.34. The van der Waals surface area contributed by atoms with Gasteiger partial charge in [-0.05, 0) is 43.9 Å². The van der Waals surface area contributed by atoms with E-state index in [2.05, 4.69) is 27.7 Å². The summed E-state index contributed by atoms with van der Waals surface area (Å²) >= 11 is 0. The Bertz CT molecular complexity index is 1150. The Balaban J connectivity index is 1.36. The average Bonchev–Trinajstić information content (AvgIpc) is 3.73. The lowest BCUT2D eigenvalue weighted by Crippen LogP contribution is -2.49. The minimum Gasteiger partial charge on any atom is -0.476 e. The molecule has 1 saturated heterocycles. The number of hydrogen-bond donors (Lipinski definition) is 0. The van der Waals surface area contributed by atoms with Crippen molar-refractivity contribution in [1.29, 1.82) is 0 Å². The molecule has 1 aliphatic carbocycles. The Morgan fingerprint density at radius 1 is 1.06 bits per heavy atom. The van der Waals surface area contributed by atoms with Gasteiger partial charge in [-0.2, -0.15) is 0 Å². The number of hydrogen-bond acceptors (Lipinski definition) is 6. The molecule has 1 atom stereocenters. The Morgan fingerprint density at radius 3 is 2.51 bits per heavy atom. The highest BCUT2D eigenvalue weighted by Crippen LogP contribution is 2.36. The maximum absolute atomic E-state index is 12.8. The van der Waals surface area contributed by atoms with Crippen LogP contribution in [0.4, 0.5) is 5.69 Å². The van der Waals surface area contributed by atoms with Crippen LogP contribution in [0.25, 0.3) is 11.3 Å². The minimum absolute atomic E-state index is 0.0275. The van der Waals surface area contributed by atoms with Crippen LogP contribution in [0.3, 0.4) is 0 Å². The lowest BCUT2D eigenvalue weighted by molar-refractivity contribution is -0.132. The first-order valence-corrected chi connectivity index (χ1v) is 12.6. The number of amides is 1. The van der Waals surface area contributed by atoms with Crippen molar-refractivity contribution in [3.8, 4) is 17.1 Å². The summed E-state index contributed by atoms with van der Waals surface area (Å²) in [6, 6.07) is 8.12. The standard InChI is InChI=1S/C27H35N3O5/c1-18-24(31)15-25(35-17-22(34-3)16-33-2)30-9-8-20-14-21(6-7-23(20)26(18)30)28-10-12-29(13-11-28)27(32)19-4-5-19/h6-7,14-15,19,22H,4-5,8-13,16-17H2,1-3H3/t22-/m0/s1. The van der Waals surface area contributed by atoms with Crippen molar-refractivity contribution in [2.75, 3.05) is 58.5 Å². The zero-order valence-electron chi connectivity index (χ0n) is 20.9. The molecule has 5 rings (SSSR count). The van der Waals surface area contributed by atoms with Crippen molar-refractivity contribution >= 4 is 11.6 Å². The van der Waals surface area contributed by atoms with Crippen LogP contribution >= 0.6 is 0 Å². The monoisotopic (exact) mass is 481 g/mol. The third-order valence-corrected chi connectivity index (χ3v) is 7.45. The number of carbonyl (C=O) groups is 1. The Labute approximate surface area is 206 Å². The topological polar surface area (TPSA) is 73.2 Å². The second-order valence-electron chi connectivity index (χ2n) is 9.77. The third-order valence-electron chi connectivity index (χ3n) is 7.45. The van der Waals surface area contributed by atoms with Crippen LogP contribution in [-0.4, -0.2) is 75.1 Å². The number of methoxy groups -OCH3 is 2. The van der Waals surface area contributed by atoms with Gasteiger partial charge in [-0.25, -0.2) is 0 Å². The van der Waals surface area contributed by atoms with Gasteiger partial charge in [-0.1, -0.05) is 6.07 Å². The zero-order chi connectivity index (χ0) is 24.5. The SMILES string of the molecule is COC[C@@H](COc1cc(=O)c(C)c2n1CCc1cc(N3CCN(C(=O)C4CC4)CC3)ccc1-2)OC. The maximum atomic E-state index is 12.8. The van der Waals surface area contributed by atoms with Crippen molar-refractivity contribution in [2.24, 2.45) is 5.92 Å². The molecule has 1 amide bonds. The van der Waals surface area contributed by atoms with E-state index in [0.29, 0.717) is 25.0 Å². The van der Waals surface area contributed by atoms with E-state index in [1.54, 1.807) is 20.3 Å². The molecule has 2 aromatic rings. The Morgan fingerprint density at radius 2 is 1.83 bits per heavy atom. The lowest BCUT2D eigenvalue weighted by Gasteiger charge is -2.37. The lowest BCUT2D eigenvalue weighted by atomic mass is 9.93. The van der Waals surface area contributed by atoms with Crippen LogP contribution in [0.15, 0.2) is 29.1 Å². The van der Waals surface area contributed by atoms with Gasteiger partial charge in [0.2, 0.25) is 5.91 Å². The molecule has 2 aliphatic heterocycles. The van der Waals surface area contributed by atoms with Crippen LogP contribution in [0.2, 0.25) is 0 Å². The smallest absolute Gasteiger partial charge is 0.225 e. The van der Waals surface area contributed by atoms with E-state index in [1.807, 2.05) is 11.8 Å². The number of nitrogens with zero attached hydrogens (tertiary/aromatic N) is 3. The van der Waals surface area contributed by atoms with Crippen molar-refractivity contribution in [3.05, 3.63) is 45.6 Å². The molecule has 1 aromatic carbocycles. The average molecular weight is 482 g/mol. The summed E-state index contributed by atoms with van der Waals surface area (Å²) in [7, 11) is 3.26. The summed E-state index contributed by atoms with van der Waals surface area (Å²) in [6.07, 6.45) is 2.77. The summed E-state index contributed by atoms with van der Waals surface area (Å²) in [6.45, 7) is 6.65. The second kappa shape index (κ2) is 10.0. The number of aromatic nitrogens is 1. The molecule has 3 heterocycles. The molecule has 0 N–H and O–H groups in total. The number of ether oxygens (including phenoxy) is 3. The quantitative estimate of drug-likeness (QED) is 0.577. The van der Waals surface area contributed by atoms with E-state index in [1.165, 1.54) is 11.3 Å². The fourth-order valence-electron chi connectivity index (χ4n) is 5.19. The fourth-order valence-corrected chi connectivity index (χ4v) is 5.19. The molecule has 2 fully saturated rings. The zero-order valence-corrected chi connectivity index (χ0v) is 20.9. The number of piperazine rings is 1. The predicted octanol–water partition coefficient (Wildman–Crippen LogP) is 2.48. The first-order valence-electron chi connectivity index (χ1n) is 12.6. The number of aryl methyl sites for hydroxylation is 1. The molecule has 0 spiro atoms. The van der Waals surface area contributed by atoms with Gasteiger partial charge in [0, 0.05) is 75.7 Å². The van der Waals surface area contributed by atoms with E-state index in [0.717, 1.165) is 68.8 Å². The second-order valence-corrected chi connectivity index (χ2v) is 9.77. The highest BCUT2D eigenvalue weighted by molar-refractivity contribution is 5.81. The minimum atomic E-state index is -0.203. The number of benzene rings is 1. The van der Waals surface area contributed by atoms with E-state index in [-0.39, 0.29) is 17.5 Å². The number of rotatable bonds is 8. The van der Waals surface area contributed by atoms with Crippen LogP contribution in [-0.2, 0) is 27.2 Å². The van der Waals surface area contributed by atoms with Gasteiger partial charge < -0.3 is 28.6 Å². The Kier molecular flexibility index (Phi) is 6.84. The fraction of sp³-hybridized carbons (Fsp3) is 0.556. The Hall–Kier alpha value is -2.84. The molecule has 35 heavy (non-hydrogen) atoms. The van der Waals surface area contributed by atoms with Crippen LogP contribution in [0, 0.1) is 12.8 Å². The van der Waals surface area contributed by atoms with Crippen molar-refractivity contribution in [2.45, 2.75) is 38.8 Å². The number of pyridine rings is 1. The molecule has 0 radical (unpaired) electrons. The summed E-state index contributed by atoms with van der Waals surface area (Å²) in [5.41, 5.74) is 5.15. The van der Waals surface area contributed by atoms with Gasteiger partial charge in [0.25, 0.3) is 0 Å². The van der Waals surface area contributed by atoms with Crippen molar-refractivity contribution in [1.82, 2.24) is 9.47 Å². The van der Waals surface area contributed by atoms with Crippen molar-refractivity contribution < 1.29 is 19.0 Å². The van der Waals surface area contributed by atoms with Gasteiger partial charge in [-0.3, -0.25) is 9.59 Å². The molecule has 0 unspecified atom stereocenters. The molecular weight excluding hydrogens is 446 g/mol. The summed E-state index contributed by atoms with van der Waals surface area (Å²) in [4.78, 5) is 29.6. The van der Waals surface area contributed by atoms with Crippen LogP contribution in [0.5, 0.6) is 5.88 Å². The van der Waals surface area contributed by atoms with Gasteiger partial charge >= 0.3 is 0 Å². The summed E-state index contributed by atoms with van der Waals surface area (Å²) in [5.74, 6) is 1.19. The predicted molar refractivity (Wildman–Crippen MR) is 134 cm³/mol. The highest BCUT2D eigenvalue weighted by atomic mass is 16.6. The van der Waals surface area contributed by atoms with Crippen LogP contribution in [0.1, 0.15) is 24.0 Å². The van der Waals surface area contributed by atoms with Gasteiger partial charge in [-0.15, -0.1) is 0 Å².